The van der Waals surface area contributed by atoms with Crippen molar-refractivity contribution in [3.8, 4) is 0 Å². The van der Waals surface area contributed by atoms with Gasteiger partial charge in [0.15, 0.2) is 0 Å². The van der Waals surface area contributed by atoms with Crippen LogP contribution in [0.4, 0.5) is 0 Å². The standard InChI is InChI=1S/C8H7BrN4OS/c1-4-7(5-2-3-6(9)15-5)12-14-8(4)11-13-10/h2-4,8H,1H3. The molecule has 0 bridgehead atoms. The summed E-state index contributed by atoms with van der Waals surface area (Å²) in [5.74, 6) is -0.00792. The Bertz CT molecular complexity index is 451. The highest BCUT2D eigenvalue weighted by Gasteiger charge is 2.31. The topological polar surface area (TPSA) is 70.4 Å². The van der Waals surface area contributed by atoms with Crippen molar-refractivity contribution in [1.82, 2.24) is 0 Å². The van der Waals surface area contributed by atoms with Gasteiger partial charge in [-0.1, -0.05) is 12.1 Å². The van der Waals surface area contributed by atoms with E-state index in [9.17, 15) is 0 Å². The summed E-state index contributed by atoms with van der Waals surface area (Å²) >= 11 is 4.97. The molecule has 0 aromatic carbocycles. The van der Waals surface area contributed by atoms with E-state index in [0.717, 1.165) is 14.4 Å². The van der Waals surface area contributed by atoms with Gasteiger partial charge in [0.2, 0.25) is 6.23 Å². The Hall–Kier alpha value is -1.04. The van der Waals surface area contributed by atoms with Crippen LogP contribution < -0.4 is 0 Å². The predicted octanol–water partition coefficient (Wildman–Crippen LogP) is 3.52. The van der Waals surface area contributed by atoms with Gasteiger partial charge in [-0.3, -0.25) is 0 Å². The van der Waals surface area contributed by atoms with E-state index in [0.29, 0.717) is 0 Å². The summed E-state index contributed by atoms with van der Waals surface area (Å²) in [7, 11) is 0. The highest BCUT2D eigenvalue weighted by Crippen LogP contribution is 2.30. The van der Waals surface area contributed by atoms with Crippen LogP contribution in [0.25, 0.3) is 10.4 Å². The minimum absolute atomic E-state index is 0.00792. The molecule has 78 valence electrons. The van der Waals surface area contributed by atoms with Crippen molar-refractivity contribution in [2.75, 3.05) is 0 Å². The maximum atomic E-state index is 8.33. The molecule has 0 spiro atoms. The molecular weight excluding hydrogens is 280 g/mol. The molecule has 0 fully saturated rings. The van der Waals surface area contributed by atoms with Crippen LogP contribution in [0.1, 0.15) is 11.8 Å². The summed E-state index contributed by atoms with van der Waals surface area (Å²) in [5.41, 5.74) is 9.16. The van der Waals surface area contributed by atoms with Crippen LogP contribution in [-0.4, -0.2) is 11.9 Å². The molecule has 0 saturated heterocycles. The maximum absolute atomic E-state index is 8.33. The monoisotopic (exact) mass is 286 g/mol. The quantitative estimate of drug-likeness (QED) is 0.466. The first-order chi connectivity index (χ1) is 7.22. The number of hydrogen-bond acceptors (Lipinski definition) is 4. The van der Waals surface area contributed by atoms with Crippen LogP contribution in [0.15, 0.2) is 26.2 Å². The molecule has 2 unspecified atom stereocenters. The first-order valence-electron chi connectivity index (χ1n) is 4.26. The minimum Gasteiger partial charge on any atom is -0.385 e. The molecular formula is C8H7BrN4OS. The Morgan fingerprint density at radius 1 is 1.67 bits per heavy atom. The number of halogens is 1. The minimum atomic E-state index is -0.522. The molecule has 0 radical (unpaired) electrons. The van der Waals surface area contributed by atoms with Crippen molar-refractivity contribution >= 4 is 33.0 Å². The zero-order valence-electron chi connectivity index (χ0n) is 7.79. The van der Waals surface area contributed by atoms with Gasteiger partial charge in [0.1, 0.15) is 5.71 Å². The molecule has 2 rings (SSSR count). The molecule has 15 heavy (non-hydrogen) atoms. The lowest BCUT2D eigenvalue weighted by atomic mass is 10.0. The van der Waals surface area contributed by atoms with Crippen molar-refractivity contribution in [1.29, 1.82) is 0 Å². The fourth-order valence-electron chi connectivity index (χ4n) is 1.31. The van der Waals surface area contributed by atoms with Crippen molar-refractivity contribution < 1.29 is 4.84 Å². The molecule has 0 amide bonds. The zero-order valence-corrected chi connectivity index (χ0v) is 10.2. The van der Waals surface area contributed by atoms with Crippen molar-refractivity contribution in [2.24, 2.45) is 16.2 Å². The van der Waals surface area contributed by atoms with Crippen LogP contribution in [0.3, 0.4) is 0 Å². The summed E-state index contributed by atoms with van der Waals surface area (Å²) in [6, 6.07) is 3.92. The maximum Gasteiger partial charge on any atom is 0.214 e. The Morgan fingerprint density at radius 3 is 3.07 bits per heavy atom. The van der Waals surface area contributed by atoms with Crippen molar-refractivity contribution in [2.45, 2.75) is 13.2 Å². The Labute approximate surface area is 98.5 Å². The number of rotatable bonds is 2. The second-order valence-electron chi connectivity index (χ2n) is 3.07. The molecule has 0 N–H and O–H groups in total. The van der Waals surface area contributed by atoms with E-state index in [-0.39, 0.29) is 5.92 Å². The molecule has 5 nitrogen and oxygen atoms in total. The van der Waals surface area contributed by atoms with E-state index in [1.54, 1.807) is 11.3 Å². The lowest BCUT2D eigenvalue weighted by molar-refractivity contribution is 0.0710. The molecule has 1 aromatic rings. The van der Waals surface area contributed by atoms with Gasteiger partial charge in [-0.2, -0.15) is 0 Å². The van der Waals surface area contributed by atoms with Gasteiger partial charge in [0.05, 0.1) is 8.66 Å². The van der Waals surface area contributed by atoms with Crippen molar-refractivity contribution in [3.05, 3.63) is 31.2 Å². The Morgan fingerprint density at radius 2 is 2.47 bits per heavy atom. The van der Waals surface area contributed by atoms with E-state index >= 15 is 0 Å². The zero-order chi connectivity index (χ0) is 10.8. The van der Waals surface area contributed by atoms with E-state index in [2.05, 4.69) is 31.1 Å². The Balaban J connectivity index is 2.23. The fraction of sp³-hybridized carbons (Fsp3) is 0.375. The molecule has 1 aliphatic rings. The summed E-state index contributed by atoms with van der Waals surface area (Å²) in [6.07, 6.45) is -0.522. The lowest BCUT2D eigenvalue weighted by Gasteiger charge is -2.06. The van der Waals surface area contributed by atoms with Crippen LogP contribution in [-0.2, 0) is 4.84 Å². The molecule has 2 atom stereocenters. The van der Waals surface area contributed by atoms with Gasteiger partial charge in [-0.05, 0) is 38.7 Å². The number of thiophene rings is 1. The second-order valence-corrected chi connectivity index (χ2v) is 5.53. The van der Waals surface area contributed by atoms with Gasteiger partial charge in [-0.25, -0.2) is 0 Å². The summed E-state index contributed by atoms with van der Waals surface area (Å²) in [5, 5.41) is 7.47. The van der Waals surface area contributed by atoms with Gasteiger partial charge < -0.3 is 4.84 Å². The number of azide groups is 1. The van der Waals surface area contributed by atoms with E-state index in [1.807, 2.05) is 19.1 Å². The first-order valence-corrected chi connectivity index (χ1v) is 5.87. The number of oxime groups is 1. The third-order valence-corrected chi connectivity index (χ3v) is 3.76. The van der Waals surface area contributed by atoms with Gasteiger partial charge in [-0.15, -0.1) is 11.3 Å². The Kier molecular flexibility index (Phi) is 2.95. The predicted molar refractivity (Wildman–Crippen MR) is 61.7 cm³/mol. The van der Waals surface area contributed by atoms with E-state index < -0.39 is 6.23 Å². The number of nitrogens with zero attached hydrogens (tertiary/aromatic N) is 4. The summed E-state index contributed by atoms with van der Waals surface area (Å²) < 4.78 is 1.04. The van der Waals surface area contributed by atoms with Crippen molar-refractivity contribution in [3.63, 3.8) is 0 Å². The third kappa shape index (κ3) is 1.99. The average molecular weight is 287 g/mol. The molecule has 1 aromatic heterocycles. The van der Waals surface area contributed by atoms with Crippen LogP contribution >= 0.6 is 27.3 Å². The summed E-state index contributed by atoms with van der Waals surface area (Å²) in [6.45, 7) is 1.93. The van der Waals surface area contributed by atoms with E-state index in [1.165, 1.54) is 0 Å². The normalized spacial score (nSPS) is 24.3. The smallest absolute Gasteiger partial charge is 0.214 e. The largest absolute Gasteiger partial charge is 0.385 e. The van der Waals surface area contributed by atoms with Gasteiger partial charge in [0.25, 0.3) is 0 Å². The average Bonchev–Trinajstić information content (AvgIpc) is 2.76. The van der Waals surface area contributed by atoms with Gasteiger partial charge in [0, 0.05) is 10.8 Å². The van der Waals surface area contributed by atoms with Gasteiger partial charge >= 0.3 is 0 Å². The summed E-state index contributed by atoms with van der Waals surface area (Å²) in [4.78, 5) is 8.80. The highest BCUT2D eigenvalue weighted by atomic mass is 79.9. The molecule has 7 heteroatoms. The van der Waals surface area contributed by atoms with E-state index in [4.69, 9.17) is 10.4 Å². The molecule has 0 saturated carbocycles. The first kappa shape index (κ1) is 10.5. The number of hydrogen-bond donors (Lipinski definition) is 0. The molecule has 1 aliphatic heterocycles. The van der Waals surface area contributed by atoms with Crippen LogP contribution in [0.5, 0.6) is 0 Å². The SMILES string of the molecule is CC1C(c2ccc(Br)s2)=NOC1N=[N+]=[N-]. The third-order valence-electron chi connectivity index (χ3n) is 2.11. The van der Waals surface area contributed by atoms with Crippen LogP contribution in [0, 0.1) is 5.92 Å². The molecule has 2 heterocycles. The second kappa shape index (κ2) is 4.22. The fourth-order valence-corrected chi connectivity index (χ4v) is 2.78. The molecule has 0 aliphatic carbocycles. The highest BCUT2D eigenvalue weighted by molar-refractivity contribution is 9.11. The lowest BCUT2D eigenvalue weighted by Crippen LogP contribution is -2.17. The van der Waals surface area contributed by atoms with Crippen LogP contribution in [0.2, 0.25) is 0 Å².